The number of rotatable bonds is 4. The lowest BCUT2D eigenvalue weighted by molar-refractivity contribution is -0.0397. The van der Waals surface area contributed by atoms with Gasteiger partial charge in [-0.05, 0) is 39.2 Å². The van der Waals surface area contributed by atoms with Crippen LogP contribution in [0.25, 0.3) is 10.9 Å². The smallest absolute Gasteiger partial charge is 0.350 e. The van der Waals surface area contributed by atoms with E-state index in [1.807, 2.05) is 4.90 Å². The molecule has 28 heavy (non-hydrogen) atoms. The van der Waals surface area contributed by atoms with Crippen molar-refractivity contribution in [1.29, 1.82) is 0 Å². The van der Waals surface area contributed by atoms with E-state index in [4.69, 9.17) is 5.84 Å². The summed E-state index contributed by atoms with van der Waals surface area (Å²) in [7, 11) is 0. The molecule has 2 aliphatic rings. The summed E-state index contributed by atoms with van der Waals surface area (Å²) in [4.78, 5) is 26.9. The van der Waals surface area contributed by atoms with Gasteiger partial charge in [0.15, 0.2) is 0 Å². The molecule has 2 unspecified atom stereocenters. The van der Waals surface area contributed by atoms with Crippen molar-refractivity contribution in [2.45, 2.75) is 44.8 Å². The third-order valence-electron chi connectivity index (χ3n) is 6.18. The Kier molecular flexibility index (Phi) is 4.27. The first kappa shape index (κ1) is 18.9. The van der Waals surface area contributed by atoms with Gasteiger partial charge in [0, 0.05) is 30.6 Å². The second-order valence-electron chi connectivity index (χ2n) is 8.23. The second kappa shape index (κ2) is 6.31. The SMILES string of the molecule is Cc1c(N2CCC(C(C)(O)CO)C2)c(F)cc2c(=O)n(N)c(=O)n(C3CC3)c12. The average molecular weight is 392 g/mol. The Balaban J connectivity index is 1.90. The van der Waals surface area contributed by atoms with Gasteiger partial charge in [0.05, 0.1) is 28.8 Å². The maximum absolute atomic E-state index is 15.1. The van der Waals surface area contributed by atoms with Crippen LogP contribution in [0.2, 0.25) is 0 Å². The fourth-order valence-corrected chi connectivity index (χ4v) is 4.32. The number of aromatic nitrogens is 2. The topological polar surface area (TPSA) is 114 Å². The largest absolute Gasteiger partial charge is 0.393 e. The predicted octanol–water partition coefficient (Wildman–Crippen LogP) is 0.229. The minimum atomic E-state index is -1.25. The van der Waals surface area contributed by atoms with Gasteiger partial charge in [-0.1, -0.05) is 0 Å². The Morgan fingerprint density at radius 3 is 2.61 bits per heavy atom. The highest BCUT2D eigenvalue weighted by Gasteiger charge is 2.38. The van der Waals surface area contributed by atoms with Crippen LogP contribution < -0.4 is 22.0 Å². The Bertz CT molecular complexity index is 1070. The summed E-state index contributed by atoms with van der Waals surface area (Å²) in [5.74, 6) is 4.87. The van der Waals surface area contributed by atoms with E-state index in [0.717, 1.165) is 18.9 Å². The summed E-state index contributed by atoms with van der Waals surface area (Å²) >= 11 is 0. The van der Waals surface area contributed by atoms with Gasteiger partial charge < -0.3 is 21.0 Å². The van der Waals surface area contributed by atoms with Gasteiger partial charge in [-0.2, -0.15) is 4.68 Å². The van der Waals surface area contributed by atoms with E-state index in [1.54, 1.807) is 13.8 Å². The Morgan fingerprint density at radius 1 is 1.32 bits per heavy atom. The van der Waals surface area contributed by atoms with E-state index >= 15 is 4.39 Å². The molecule has 1 aliphatic carbocycles. The number of halogens is 1. The normalized spacial score (nSPS) is 22.0. The molecular formula is C19H25FN4O4. The number of hydrogen-bond acceptors (Lipinski definition) is 6. The standard InChI is InChI=1S/C19H25FN4O4/c1-10-15-13(17(26)24(21)18(27)23(15)12-3-4-12)7-14(20)16(10)22-6-5-11(8-22)19(2,28)9-25/h7,11-12,25,28H,3-6,8-9,21H2,1-2H3. The lowest BCUT2D eigenvalue weighted by Crippen LogP contribution is -2.45. The molecule has 2 fully saturated rings. The first-order valence-corrected chi connectivity index (χ1v) is 9.51. The van der Waals surface area contributed by atoms with Gasteiger partial charge in [-0.25, -0.2) is 9.18 Å². The third-order valence-corrected chi connectivity index (χ3v) is 6.18. The average Bonchev–Trinajstić information content (AvgIpc) is 3.37. The molecule has 4 N–H and O–H groups in total. The number of hydrogen-bond donors (Lipinski definition) is 3. The van der Waals surface area contributed by atoms with Crippen LogP contribution in [0.4, 0.5) is 10.1 Å². The number of fused-ring (bicyclic) bond motifs is 1. The van der Waals surface area contributed by atoms with E-state index < -0.39 is 22.7 Å². The molecule has 4 rings (SSSR count). The van der Waals surface area contributed by atoms with Crippen molar-refractivity contribution < 1.29 is 14.6 Å². The quantitative estimate of drug-likeness (QED) is 0.642. The van der Waals surface area contributed by atoms with Gasteiger partial charge in [0.2, 0.25) is 0 Å². The second-order valence-corrected chi connectivity index (χ2v) is 8.23. The molecule has 2 heterocycles. The van der Waals surface area contributed by atoms with Gasteiger partial charge in [0.25, 0.3) is 5.56 Å². The van der Waals surface area contributed by atoms with Crippen LogP contribution in [-0.2, 0) is 0 Å². The zero-order chi connectivity index (χ0) is 20.4. The van der Waals surface area contributed by atoms with Crippen molar-refractivity contribution >= 4 is 16.6 Å². The van der Waals surface area contributed by atoms with Crippen LogP contribution in [0.1, 0.15) is 37.8 Å². The minimum absolute atomic E-state index is 0.0381. The highest BCUT2D eigenvalue weighted by molar-refractivity contribution is 5.87. The Labute approximate surface area is 160 Å². The molecule has 1 aromatic heterocycles. The molecule has 1 aromatic carbocycles. The number of aliphatic hydroxyl groups is 2. The number of nitrogen functional groups attached to an aromatic ring is 1. The van der Waals surface area contributed by atoms with Gasteiger partial charge >= 0.3 is 5.69 Å². The molecule has 2 aromatic rings. The zero-order valence-electron chi connectivity index (χ0n) is 16.0. The van der Waals surface area contributed by atoms with Crippen LogP contribution in [0.3, 0.4) is 0 Å². The maximum Gasteiger partial charge on any atom is 0.350 e. The van der Waals surface area contributed by atoms with Crippen LogP contribution in [-0.4, -0.2) is 44.8 Å². The van der Waals surface area contributed by atoms with Crippen LogP contribution in [0.15, 0.2) is 15.7 Å². The van der Waals surface area contributed by atoms with Gasteiger partial charge in [-0.3, -0.25) is 9.36 Å². The summed E-state index contributed by atoms with van der Waals surface area (Å²) < 4.78 is 17.1. The molecule has 0 radical (unpaired) electrons. The summed E-state index contributed by atoms with van der Waals surface area (Å²) in [6.45, 7) is 3.78. The van der Waals surface area contributed by atoms with Crippen LogP contribution in [0.5, 0.6) is 0 Å². The van der Waals surface area contributed by atoms with E-state index in [-0.39, 0.29) is 24.0 Å². The maximum atomic E-state index is 15.1. The number of anilines is 1. The molecule has 8 nitrogen and oxygen atoms in total. The van der Waals surface area contributed by atoms with Crippen molar-refractivity contribution in [2.24, 2.45) is 5.92 Å². The first-order chi connectivity index (χ1) is 13.2. The van der Waals surface area contributed by atoms with E-state index in [0.29, 0.717) is 41.0 Å². The first-order valence-electron chi connectivity index (χ1n) is 9.51. The van der Waals surface area contributed by atoms with Gasteiger partial charge in [0.1, 0.15) is 5.82 Å². The van der Waals surface area contributed by atoms with Crippen molar-refractivity contribution in [3.63, 3.8) is 0 Å². The van der Waals surface area contributed by atoms with Crippen molar-refractivity contribution in [3.8, 4) is 0 Å². The molecule has 1 saturated heterocycles. The summed E-state index contributed by atoms with van der Waals surface area (Å²) in [5, 5.41) is 19.9. The van der Waals surface area contributed by atoms with E-state index in [2.05, 4.69) is 0 Å². The zero-order valence-corrected chi connectivity index (χ0v) is 16.0. The molecule has 2 atom stereocenters. The Hall–Kier alpha value is -2.39. The van der Waals surface area contributed by atoms with Gasteiger partial charge in [-0.15, -0.1) is 0 Å². The molecule has 1 aliphatic heterocycles. The number of aryl methyl sites for hydroxylation is 1. The molecular weight excluding hydrogens is 367 g/mol. The highest BCUT2D eigenvalue weighted by atomic mass is 19.1. The number of nitrogens with zero attached hydrogens (tertiary/aromatic N) is 3. The molecule has 9 heteroatoms. The number of nitrogens with two attached hydrogens (primary N) is 1. The van der Waals surface area contributed by atoms with E-state index in [9.17, 15) is 19.8 Å². The Morgan fingerprint density at radius 2 is 2.00 bits per heavy atom. The molecule has 0 bridgehead atoms. The van der Waals surface area contributed by atoms with Crippen LogP contribution in [0, 0.1) is 18.7 Å². The molecule has 0 spiro atoms. The fourth-order valence-electron chi connectivity index (χ4n) is 4.32. The van der Waals surface area contributed by atoms with Crippen LogP contribution >= 0.6 is 0 Å². The predicted molar refractivity (Wildman–Crippen MR) is 104 cm³/mol. The molecule has 1 saturated carbocycles. The summed E-state index contributed by atoms with van der Waals surface area (Å²) in [6.07, 6.45) is 2.22. The number of benzene rings is 1. The third kappa shape index (κ3) is 2.72. The van der Waals surface area contributed by atoms with E-state index in [1.165, 1.54) is 4.57 Å². The van der Waals surface area contributed by atoms with Crippen molar-refractivity contribution in [2.75, 3.05) is 30.4 Å². The molecule has 152 valence electrons. The monoisotopic (exact) mass is 392 g/mol. The van der Waals surface area contributed by atoms with Crippen molar-refractivity contribution in [1.82, 2.24) is 9.24 Å². The fraction of sp³-hybridized carbons (Fsp3) is 0.579. The number of aliphatic hydroxyl groups excluding tert-OH is 1. The lowest BCUT2D eigenvalue weighted by Gasteiger charge is -2.29. The highest BCUT2D eigenvalue weighted by Crippen LogP contribution is 2.40. The lowest BCUT2D eigenvalue weighted by atomic mass is 9.89. The van der Waals surface area contributed by atoms with Crippen molar-refractivity contribution in [3.05, 3.63) is 38.3 Å². The summed E-state index contributed by atoms with van der Waals surface area (Å²) in [5.41, 5.74) is -1.30. The minimum Gasteiger partial charge on any atom is -0.393 e. The molecule has 0 amide bonds. The summed E-state index contributed by atoms with van der Waals surface area (Å²) in [6, 6.07) is 1.11.